The van der Waals surface area contributed by atoms with E-state index in [-0.39, 0.29) is 15.6 Å². The Kier molecular flexibility index (Phi) is 8.30. The minimum atomic E-state index is -4.08. The summed E-state index contributed by atoms with van der Waals surface area (Å²) in [6.45, 7) is -0.101. The lowest BCUT2D eigenvalue weighted by atomic mass is 10.1. The summed E-state index contributed by atoms with van der Waals surface area (Å²) in [5.74, 6) is -0.391. The van der Waals surface area contributed by atoms with Crippen molar-refractivity contribution in [2.75, 3.05) is 24.5 Å². The van der Waals surface area contributed by atoms with Crippen molar-refractivity contribution < 1.29 is 22.3 Å². The number of halogens is 2. The normalized spacial score (nSPS) is 11.1. The Morgan fingerprint density at radius 2 is 1.76 bits per heavy atom. The van der Waals surface area contributed by atoms with Gasteiger partial charge in [-0.25, -0.2) is 12.8 Å². The Bertz CT molecular complexity index is 1190. The standard InChI is InChI=1S/C24H24ClFN2O4S/c1-32-20-12-9-18(10-13-20)6-5-15-27-24(29)17-28(19-11-14-23(26)22(25)16-19)33(30,31)21-7-3-2-4-8-21/h2-4,7-14,16H,5-6,15,17H2,1H3,(H,27,29). The molecule has 0 aliphatic heterocycles. The first-order valence-corrected chi connectivity index (χ1v) is 12.1. The van der Waals surface area contributed by atoms with Crippen LogP contribution in [-0.4, -0.2) is 34.5 Å². The molecule has 0 unspecified atom stereocenters. The zero-order valence-corrected chi connectivity index (χ0v) is 19.6. The number of methoxy groups -OCH3 is 1. The minimum Gasteiger partial charge on any atom is -0.497 e. The van der Waals surface area contributed by atoms with Crippen molar-refractivity contribution in [2.24, 2.45) is 0 Å². The van der Waals surface area contributed by atoms with Crippen LogP contribution < -0.4 is 14.4 Å². The molecule has 0 radical (unpaired) electrons. The lowest BCUT2D eigenvalue weighted by molar-refractivity contribution is -0.119. The number of anilines is 1. The molecule has 0 saturated heterocycles. The van der Waals surface area contributed by atoms with Crippen molar-refractivity contribution in [1.29, 1.82) is 0 Å². The number of benzene rings is 3. The van der Waals surface area contributed by atoms with Gasteiger partial charge in [0, 0.05) is 6.54 Å². The molecule has 1 amide bonds. The first-order valence-electron chi connectivity index (χ1n) is 10.2. The molecule has 174 valence electrons. The maximum absolute atomic E-state index is 13.6. The van der Waals surface area contributed by atoms with Gasteiger partial charge in [-0.05, 0) is 60.9 Å². The molecule has 0 spiro atoms. The summed E-state index contributed by atoms with van der Waals surface area (Å²) in [4.78, 5) is 12.6. The average Bonchev–Trinajstić information content (AvgIpc) is 2.83. The number of aryl methyl sites for hydroxylation is 1. The molecule has 9 heteroatoms. The second kappa shape index (κ2) is 11.2. The first-order chi connectivity index (χ1) is 15.8. The summed E-state index contributed by atoms with van der Waals surface area (Å²) < 4.78 is 46.2. The summed E-state index contributed by atoms with van der Waals surface area (Å²) in [7, 11) is -2.48. The Morgan fingerprint density at radius 1 is 1.06 bits per heavy atom. The van der Waals surface area contributed by atoms with Gasteiger partial charge in [-0.1, -0.05) is 41.9 Å². The number of rotatable bonds is 10. The molecule has 1 N–H and O–H groups in total. The van der Waals surface area contributed by atoms with Crippen LogP contribution in [0.2, 0.25) is 5.02 Å². The van der Waals surface area contributed by atoms with Crippen molar-refractivity contribution in [3.63, 3.8) is 0 Å². The Labute approximate surface area is 198 Å². The van der Waals surface area contributed by atoms with E-state index in [0.717, 1.165) is 28.1 Å². The number of hydrogen-bond donors (Lipinski definition) is 1. The molecule has 0 aromatic heterocycles. The largest absolute Gasteiger partial charge is 0.497 e. The molecule has 0 atom stereocenters. The van der Waals surface area contributed by atoms with Crippen LogP contribution in [0.1, 0.15) is 12.0 Å². The maximum Gasteiger partial charge on any atom is 0.264 e. The number of hydrogen-bond acceptors (Lipinski definition) is 4. The Hall–Kier alpha value is -3.10. The van der Waals surface area contributed by atoms with E-state index in [1.807, 2.05) is 24.3 Å². The van der Waals surface area contributed by atoms with Gasteiger partial charge in [0.25, 0.3) is 10.0 Å². The third-order valence-corrected chi connectivity index (χ3v) is 7.01. The van der Waals surface area contributed by atoms with Gasteiger partial charge in [-0.3, -0.25) is 9.10 Å². The third-order valence-electron chi connectivity index (χ3n) is 4.93. The number of amides is 1. The highest BCUT2D eigenvalue weighted by Gasteiger charge is 2.27. The van der Waals surface area contributed by atoms with Crippen LogP contribution in [0.4, 0.5) is 10.1 Å². The molecule has 0 aliphatic carbocycles. The average molecular weight is 491 g/mol. The van der Waals surface area contributed by atoms with Crippen LogP contribution in [0.5, 0.6) is 5.75 Å². The van der Waals surface area contributed by atoms with Gasteiger partial charge in [-0.15, -0.1) is 0 Å². The summed E-state index contributed by atoms with van der Waals surface area (Å²) in [6.07, 6.45) is 1.41. The van der Waals surface area contributed by atoms with Gasteiger partial charge >= 0.3 is 0 Å². The lowest BCUT2D eigenvalue weighted by Crippen LogP contribution is -2.41. The van der Waals surface area contributed by atoms with Gasteiger partial charge < -0.3 is 10.1 Å². The molecule has 3 aromatic rings. The van der Waals surface area contributed by atoms with Gasteiger partial charge in [-0.2, -0.15) is 0 Å². The van der Waals surface area contributed by atoms with Crippen molar-refractivity contribution in [2.45, 2.75) is 17.7 Å². The van der Waals surface area contributed by atoms with Gasteiger partial charge in [0.05, 0.1) is 22.7 Å². The highest BCUT2D eigenvalue weighted by Crippen LogP contribution is 2.27. The van der Waals surface area contributed by atoms with E-state index >= 15 is 0 Å². The third kappa shape index (κ3) is 6.46. The van der Waals surface area contributed by atoms with Crippen molar-refractivity contribution in [1.82, 2.24) is 5.32 Å². The SMILES string of the molecule is COc1ccc(CCCNC(=O)CN(c2ccc(F)c(Cl)c2)S(=O)(=O)c2ccccc2)cc1. The summed E-state index contributed by atoms with van der Waals surface area (Å²) in [6, 6.07) is 18.9. The predicted molar refractivity (Wildman–Crippen MR) is 127 cm³/mol. The Balaban J connectivity index is 1.69. The zero-order valence-electron chi connectivity index (χ0n) is 18.0. The molecule has 0 aliphatic rings. The van der Waals surface area contributed by atoms with E-state index in [0.29, 0.717) is 13.0 Å². The molecule has 0 fully saturated rings. The Morgan fingerprint density at radius 3 is 2.39 bits per heavy atom. The number of nitrogens with zero attached hydrogens (tertiary/aromatic N) is 1. The van der Waals surface area contributed by atoms with E-state index < -0.39 is 28.3 Å². The zero-order chi connectivity index (χ0) is 23.8. The fourth-order valence-corrected chi connectivity index (χ4v) is 4.78. The highest BCUT2D eigenvalue weighted by molar-refractivity contribution is 7.92. The van der Waals surface area contributed by atoms with Crippen LogP contribution in [0.15, 0.2) is 77.7 Å². The predicted octanol–water partition coefficient (Wildman–Crippen LogP) is 4.43. The molecule has 3 rings (SSSR count). The molecule has 33 heavy (non-hydrogen) atoms. The number of sulfonamides is 1. The van der Waals surface area contributed by atoms with E-state index in [2.05, 4.69) is 5.32 Å². The van der Waals surface area contributed by atoms with Crippen LogP contribution in [-0.2, 0) is 21.2 Å². The molecule has 0 saturated carbocycles. The molecule has 0 heterocycles. The quantitative estimate of drug-likeness (QED) is 0.426. The molecular formula is C24H24ClFN2O4S. The summed E-state index contributed by atoms with van der Waals surface area (Å²) in [5, 5.41) is 2.51. The lowest BCUT2D eigenvalue weighted by Gasteiger charge is -2.24. The van der Waals surface area contributed by atoms with Gasteiger partial charge in [0.1, 0.15) is 18.1 Å². The molecule has 3 aromatic carbocycles. The van der Waals surface area contributed by atoms with Crippen molar-refractivity contribution in [3.8, 4) is 5.75 Å². The highest BCUT2D eigenvalue weighted by atomic mass is 35.5. The fraction of sp³-hybridized carbons (Fsp3) is 0.208. The topological polar surface area (TPSA) is 75.7 Å². The van der Waals surface area contributed by atoms with E-state index in [1.54, 1.807) is 25.3 Å². The van der Waals surface area contributed by atoms with E-state index in [9.17, 15) is 17.6 Å². The number of nitrogens with one attached hydrogen (secondary N) is 1. The first kappa shape index (κ1) is 24.5. The number of ether oxygens (including phenoxy) is 1. The monoisotopic (exact) mass is 490 g/mol. The maximum atomic E-state index is 13.6. The number of carbonyl (C=O) groups excluding carboxylic acids is 1. The van der Waals surface area contributed by atoms with E-state index in [4.69, 9.17) is 16.3 Å². The molecule has 6 nitrogen and oxygen atoms in total. The van der Waals surface area contributed by atoms with Crippen LogP contribution in [0.25, 0.3) is 0 Å². The van der Waals surface area contributed by atoms with Crippen LogP contribution in [0, 0.1) is 5.82 Å². The van der Waals surface area contributed by atoms with E-state index in [1.165, 1.54) is 24.3 Å². The second-order valence-corrected chi connectivity index (χ2v) is 9.49. The van der Waals surface area contributed by atoms with Crippen molar-refractivity contribution in [3.05, 3.63) is 89.2 Å². The van der Waals surface area contributed by atoms with Crippen LogP contribution >= 0.6 is 11.6 Å². The molecular weight excluding hydrogens is 467 g/mol. The smallest absolute Gasteiger partial charge is 0.264 e. The second-order valence-electron chi connectivity index (χ2n) is 7.22. The summed E-state index contributed by atoms with van der Waals surface area (Å²) >= 11 is 5.87. The molecule has 0 bridgehead atoms. The number of carbonyl (C=O) groups is 1. The van der Waals surface area contributed by atoms with Crippen molar-refractivity contribution >= 4 is 33.2 Å². The minimum absolute atomic E-state index is 0.0118. The fourth-order valence-electron chi connectivity index (χ4n) is 3.17. The van der Waals surface area contributed by atoms with Gasteiger partial charge in [0.2, 0.25) is 5.91 Å². The van der Waals surface area contributed by atoms with Crippen LogP contribution in [0.3, 0.4) is 0 Å². The summed E-state index contributed by atoms with van der Waals surface area (Å²) in [5.41, 5.74) is 1.19. The van der Waals surface area contributed by atoms with Gasteiger partial charge in [0.15, 0.2) is 0 Å².